The lowest BCUT2D eigenvalue weighted by Crippen LogP contribution is -2.46. The van der Waals surface area contributed by atoms with E-state index in [2.05, 4.69) is 10.6 Å². The summed E-state index contributed by atoms with van der Waals surface area (Å²) in [6.45, 7) is 4.08. The van der Waals surface area contributed by atoms with Gasteiger partial charge in [-0.3, -0.25) is 9.59 Å². The number of hydrogen-bond donors (Lipinski definition) is 2. The molecule has 2 N–H and O–H groups in total. The predicted octanol–water partition coefficient (Wildman–Crippen LogP) is 1.50. The minimum atomic E-state index is -1.19. The maximum atomic E-state index is 12.0. The van der Waals surface area contributed by atoms with Crippen LogP contribution in [0.5, 0.6) is 0 Å². The lowest BCUT2D eigenvalue weighted by Gasteiger charge is -2.15. The van der Waals surface area contributed by atoms with Crippen molar-refractivity contribution in [3.8, 4) is 0 Å². The highest BCUT2D eigenvalue weighted by atomic mass is 16.5. The van der Waals surface area contributed by atoms with Crippen LogP contribution in [0, 0.1) is 5.92 Å². The van der Waals surface area contributed by atoms with Gasteiger partial charge in [-0.1, -0.05) is 26.0 Å². The van der Waals surface area contributed by atoms with Crippen molar-refractivity contribution >= 4 is 23.8 Å². The van der Waals surface area contributed by atoms with E-state index in [-0.39, 0.29) is 11.8 Å². The Morgan fingerprint density at radius 2 is 1.86 bits per heavy atom. The standard InChI is InChI=1S/C16H22N2O4/c1-4-11(2)15(20)18-14(9-19)16(21)17-13-7-5-12(6-8-13)10-22-3/h5-9,11,14H,4,10H2,1-3H3,(H,17,21)(H,18,20)/t11-,14?/m1/s1. The molecule has 1 unspecified atom stereocenters. The fourth-order valence-corrected chi connectivity index (χ4v) is 1.71. The Kier molecular flexibility index (Phi) is 7.25. The highest BCUT2D eigenvalue weighted by molar-refractivity contribution is 6.06. The van der Waals surface area contributed by atoms with E-state index < -0.39 is 11.9 Å². The lowest BCUT2D eigenvalue weighted by atomic mass is 10.1. The van der Waals surface area contributed by atoms with Gasteiger partial charge < -0.3 is 20.2 Å². The molecule has 0 aliphatic rings. The van der Waals surface area contributed by atoms with E-state index in [0.717, 1.165) is 5.56 Å². The molecule has 2 amide bonds. The summed E-state index contributed by atoms with van der Waals surface area (Å²) in [6, 6.07) is 5.86. The van der Waals surface area contributed by atoms with E-state index in [0.29, 0.717) is 25.0 Å². The molecule has 0 heterocycles. The van der Waals surface area contributed by atoms with E-state index in [1.165, 1.54) is 0 Å². The maximum absolute atomic E-state index is 12.0. The van der Waals surface area contributed by atoms with Crippen LogP contribution in [0.2, 0.25) is 0 Å². The molecule has 6 nitrogen and oxygen atoms in total. The van der Waals surface area contributed by atoms with Gasteiger partial charge in [0.05, 0.1) is 6.61 Å². The van der Waals surface area contributed by atoms with Gasteiger partial charge in [0, 0.05) is 18.7 Å². The molecule has 2 atom stereocenters. The summed E-state index contributed by atoms with van der Waals surface area (Å²) in [5.41, 5.74) is 1.52. The summed E-state index contributed by atoms with van der Waals surface area (Å²) in [4.78, 5) is 34.8. The number of rotatable bonds is 8. The third kappa shape index (κ3) is 5.29. The van der Waals surface area contributed by atoms with Crippen LogP contribution in [0.25, 0.3) is 0 Å². The van der Waals surface area contributed by atoms with Gasteiger partial charge in [0.2, 0.25) is 5.91 Å². The molecule has 0 spiro atoms. The molecular formula is C16H22N2O4. The highest BCUT2D eigenvalue weighted by Gasteiger charge is 2.22. The topological polar surface area (TPSA) is 84.5 Å². The Morgan fingerprint density at radius 3 is 2.36 bits per heavy atom. The van der Waals surface area contributed by atoms with E-state index in [1.54, 1.807) is 26.2 Å². The first-order valence-corrected chi connectivity index (χ1v) is 7.16. The number of benzene rings is 1. The van der Waals surface area contributed by atoms with Crippen molar-refractivity contribution in [2.24, 2.45) is 5.92 Å². The number of ether oxygens (including phenoxy) is 1. The number of amides is 2. The largest absolute Gasteiger partial charge is 0.380 e. The smallest absolute Gasteiger partial charge is 0.254 e. The highest BCUT2D eigenvalue weighted by Crippen LogP contribution is 2.10. The number of hydrogen-bond acceptors (Lipinski definition) is 4. The Bertz CT molecular complexity index is 513. The van der Waals surface area contributed by atoms with Crippen LogP contribution in [0.1, 0.15) is 25.8 Å². The van der Waals surface area contributed by atoms with Crippen molar-refractivity contribution in [3.63, 3.8) is 0 Å². The van der Waals surface area contributed by atoms with Gasteiger partial charge >= 0.3 is 0 Å². The molecule has 0 saturated heterocycles. The van der Waals surface area contributed by atoms with Gasteiger partial charge in [-0.2, -0.15) is 0 Å². The monoisotopic (exact) mass is 306 g/mol. The second-order valence-corrected chi connectivity index (χ2v) is 5.05. The van der Waals surface area contributed by atoms with Gasteiger partial charge in [-0.15, -0.1) is 0 Å². The summed E-state index contributed by atoms with van der Waals surface area (Å²) in [5.74, 6) is -1.13. The van der Waals surface area contributed by atoms with Crippen molar-refractivity contribution in [2.75, 3.05) is 12.4 Å². The number of anilines is 1. The SMILES string of the molecule is CC[C@@H](C)C(=O)NC(C=O)C(=O)Nc1ccc(COC)cc1. The number of nitrogens with one attached hydrogen (secondary N) is 2. The average molecular weight is 306 g/mol. The number of methoxy groups -OCH3 is 1. The van der Waals surface area contributed by atoms with E-state index >= 15 is 0 Å². The van der Waals surface area contributed by atoms with Crippen LogP contribution < -0.4 is 10.6 Å². The Hall–Kier alpha value is -2.21. The van der Waals surface area contributed by atoms with Crippen LogP contribution in [-0.4, -0.2) is 31.3 Å². The van der Waals surface area contributed by atoms with Gasteiger partial charge in [0.25, 0.3) is 5.91 Å². The molecule has 0 aliphatic heterocycles. The fourth-order valence-electron chi connectivity index (χ4n) is 1.71. The zero-order chi connectivity index (χ0) is 16.5. The first kappa shape index (κ1) is 17.8. The zero-order valence-electron chi connectivity index (χ0n) is 13.1. The van der Waals surface area contributed by atoms with Gasteiger partial charge in [0.15, 0.2) is 12.3 Å². The second kappa shape index (κ2) is 8.94. The summed E-state index contributed by atoms with van der Waals surface area (Å²) < 4.78 is 5.00. The molecule has 1 aromatic carbocycles. The first-order valence-electron chi connectivity index (χ1n) is 7.16. The molecule has 0 radical (unpaired) electrons. The van der Waals surface area contributed by atoms with Crippen molar-refractivity contribution in [2.45, 2.75) is 32.9 Å². The van der Waals surface area contributed by atoms with Gasteiger partial charge in [-0.25, -0.2) is 0 Å². The fraction of sp³-hybridized carbons (Fsp3) is 0.438. The van der Waals surface area contributed by atoms with E-state index in [1.807, 2.05) is 19.1 Å². The molecule has 0 fully saturated rings. The number of carbonyl (C=O) groups excluding carboxylic acids is 3. The predicted molar refractivity (Wildman–Crippen MR) is 83.2 cm³/mol. The molecule has 6 heteroatoms. The molecule has 1 rings (SSSR count). The van der Waals surface area contributed by atoms with Crippen molar-refractivity contribution in [1.29, 1.82) is 0 Å². The van der Waals surface area contributed by atoms with Gasteiger partial charge in [-0.05, 0) is 24.1 Å². The quantitative estimate of drug-likeness (QED) is 0.563. The Labute approximate surface area is 130 Å². The Morgan fingerprint density at radius 1 is 1.23 bits per heavy atom. The summed E-state index contributed by atoms with van der Waals surface area (Å²) in [5, 5.41) is 5.03. The van der Waals surface area contributed by atoms with Crippen molar-refractivity contribution < 1.29 is 19.1 Å². The second-order valence-electron chi connectivity index (χ2n) is 5.05. The first-order chi connectivity index (χ1) is 10.5. The summed E-state index contributed by atoms with van der Waals surface area (Å²) in [7, 11) is 1.60. The molecule has 0 bridgehead atoms. The number of aldehydes is 1. The molecule has 120 valence electrons. The average Bonchev–Trinajstić information content (AvgIpc) is 2.53. The third-order valence-corrected chi connectivity index (χ3v) is 3.31. The molecule has 1 aromatic rings. The molecule has 0 saturated carbocycles. The summed E-state index contributed by atoms with van der Waals surface area (Å²) >= 11 is 0. The Balaban J connectivity index is 2.64. The van der Waals surface area contributed by atoms with Crippen LogP contribution >= 0.6 is 0 Å². The van der Waals surface area contributed by atoms with E-state index in [4.69, 9.17) is 4.74 Å². The van der Waals surface area contributed by atoms with Crippen molar-refractivity contribution in [1.82, 2.24) is 5.32 Å². The molecule has 22 heavy (non-hydrogen) atoms. The van der Waals surface area contributed by atoms with Crippen LogP contribution in [0.4, 0.5) is 5.69 Å². The van der Waals surface area contributed by atoms with E-state index in [9.17, 15) is 14.4 Å². The number of carbonyl (C=O) groups is 3. The molecular weight excluding hydrogens is 284 g/mol. The van der Waals surface area contributed by atoms with Crippen LogP contribution in [0.15, 0.2) is 24.3 Å². The van der Waals surface area contributed by atoms with Crippen molar-refractivity contribution in [3.05, 3.63) is 29.8 Å². The lowest BCUT2D eigenvalue weighted by molar-refractivity contribution is -0.131. The zero-order valence-corrected chi connectivity index (χ0v) is 13.1. The minimum Gasteiger partial charge on any atom is -0.380 e. The maximum Gasteiger partial charge on any atom is 0.254 e. The summed E-state index contributed by atoms with van der Waals surface area (Å²) in [6.07, 6.45) is 1.06. The molecule has 0 aliphatic carbocycles. The normalized spacial score (nSPS) is 13.0. The third-order valence-electron chi connectivity index (χ3n) is 3.31. The van der Waals surface area contributed by atoms with Gasteiger partial charge in [0.1, 0.15) is 0 Å². The molecule has 0 aromatic heterocycles. The van der Waals surface area contributed by atoms with Crippen LogP contribution in [0.3, 0.4) is 0 Å². The minimum absolute atomic E-state index is 0.247. The van der Waals surface area contributed by atoms with Crippen LogP contribution in [-0.2, 0) is 25.7 Å².